The highest BCUT2D eigenvalue weighted by molar-refractivity contribution is 5.81. The first-order chi connectivity index (χ1) is 9.35. The van der Waals surface area contributed by atoms with Crippen LogP contribution < -0.4 is 9.47 Å². The normalized spacial score (nSPS) is 16.1. The van der Waals surface area contributed by atoms with E-state index in [1.165, 1.54) is 0 Å². The molecule has 104 valence electrons. The fraction of sp³-hybridized carbons (Fsp3) is 0.533. The first-order valence-electron chi connectivity index (χ1n) is 6.76. The van der Waals surface area contributed by atoms with E-state index in [0.29, 0.717) is 36.2 Å². The Balaban J connectivity index is 2.05. The predicted molar refractivity (Wildman–Crippen MR) is 72.0 cm³/mol. The molecule has 1 aliphatic rings. The van der Waals surface area contributed by atoms with E-state index in [-0.39, 0.29) is 0 Å². The quantitative estimate of drug-likeness (QED) is 0.741. The fourth-order valence-corrected chi connectivity index (χ4v) is 2.16. The number of carbonyl (C=O) groups excluding carboxylic acids is 1. The van der Waals surface area contributed by atoms with Gasteiger partial charge >= 0.3 is 0 Å². The molecule has 0 radical (unpaired) electrons. The average molecular weight is 264 g/mol. The maximum absolute atomic E-state index is 11.1. The Labute approximate surface area is 113 Å². The minimum Gasteiger partial charge on any atom is -0.490 e. The van der Waals surface area contributed by atoms with E-state index in [1.54, 1.807) is 12.1 Å². The molecule has 1 fully saturated rings. The highest BCUT2D eigenvalue weighted by Gasteiger charge is 2.17. The molecule has 1 aromatic carbocycles. The van der Waals surface area contributed by atoms with E-state index in [1.807, 2.05) is 13.0 Å². The lowest BCUT2D eigenvalue weighted by atomic mass is 10.0. The number of para-hydroxylation sites is 1. The molecule has 0 saturated carbocycles. The van der Waals surface area contributed by atoms with E-state index in [9.17, 15) is 4.79 Å². The Kier molecular flexibility index (Phi) is 5.21. The number of carbonyl (C=O) groups is 1. The van der Waals surface area contributed by atoms with Gasteiger partial charge in [0.2, 0.25) is 0 Å². The number of hydrogen-bond acceptors (Lipinski definition) is 4. The smallest absolute Gasteiger partial charge is 0.171 e. The third-order valence-electron chi connectivity index (χ3n) is 3.24. The summed E-state index contributed by atoms with van der Waals surface area (Å²) in [7, 11) is 0. The third kappa shape index (κ3) is 3.70. The fourth-order valence-electron chi connectivity index (χ4n) is 2.16. The van der Waals surface area contributed by atoms with Crippen molar-refractivity contribution in [2.45, 2.75) is 19.8 Å². The summed E-state index contributed by atoms with van der Waals surface area (Å²) in [5.41, 5.74) is 0.540. The molecule has 0 aliphatic carbocycles. The molecule has 4 heteroatoms. The summed E-state index contributed by atoms with van der Waals surface area (Å²) in [5.74, 6) is 1.69. The van der Waals surface area contributed by atoms with Gasteiger partial charge in [-0.1, -0.05) is 6.07 Å². The van der Waals surface area contributed by atoms with Gasteiger partial charge in [0.15, 0.2) is 17.8 Å². The van der Waals surface area contributed by atoms with Gasteiger partial charge in [0.05, 0.1) is 18.8 Å². The molecule has 1 aliphatic heterocycles. The highest BCUT2D eigenvalue weighted by atomic mass is 16.5. The zero-order valence-electron chi connectivity index (χ0n) is 11.3. The van der Waals surface area contributed by atoms with Crippen LogP contribution in [-0.2, 0) is 4.74 Å². The van der Waals surface area contributed by atoms with Crippen LogP contribution in [-0.4, -0.2) is 32.7 Å². The summed E-state index contributed by atoms with van der Waals surface area (Å²) in [5, 5.41) is 0. The van der Waals surface area contributed by atoms with Gasteiger partial charge in [-0.25, -0.2) is 0 Å². The van der Waals surface area contributed by atoms with Crippen LogP contribution in [0.3, 0.4) is 0 Å². The highest BCUT2D eigenvalue weighted by Crippen LogP contribution is 2.31. The molecular formula is C15H20O4. The van der Waals surface area contributed by atoms with E-state index < -0.39 is 0 Å². The monoisotopic (exact) mass is 264 g/mol. The summed E-state index contributed by atoms with van der Waals surface area (Å²) in [6.07, 6.45) is 2.82. The van der Waals surface area contributed by atoms with Crippen molar-refractivity contribution in [2.75, 3.05) is 26.4 Å². The molecule has 0 bridgehead atoms. The Hall–Kier alpha value is -1.55. The van der Waals surface area contributed by atoms with Gasteiger partial charge < -0.3 is 14.2 Å². The lowest BCUT2D eigenvalue weighted by molar-refractivity contribution is 0.0491. The number of aldehydes is 1. The molecule has 2 rings (SSSR count). The second kappa shape index (κ2) is 7.14. The van der Waals surface area contributed by atoms with Crippen molar-refractivity contribution >= 4 is 6.29 Å². The number of rotatable bonds is 6. The Bertz CT molecular complexity index is 411. The first-order valence-corrected chi connectivity index (χ1v) is 6.76. The zero-order chi connectivity index (χ0) is 13.5. The zero-order valence-corrected chi connectivity index (χ0v) is 11.3. The summed E-state index contributed by atoms with van der Waals surface area (Å²) in [6, 6.07) is 5.38. The van der Waals surface area contributed by atoms with Crippen LogP contribution in [0.2, 0.25) is 0 Å². The minimum absolute atomic E-state index is 0.489. The van der Waals surface area contributed by atoms with Crippen LogP contribution in [0.5, 0.6) is 11.5 Å². The molecule has 0 amide bonds. The van der Waals surface area contributed by atoms with Crippen molar-refractivity contribution in [3.63, 3.8) is 0 Å². The maximum atomic E-state index is 11.1. The Morgan fingerprint density at radius 1 is 1.32 bits per heavy atom. The van der Waals surface area contributed by atoms with E-state index in [2.05, 4.69) is 0 Å². The molecular weight excluding hydrogens is 244 g/mol. The lowest BCUT2D eigenvalue weighted by Crippen LogP contribution is -2.21. The largest absolute Gasteiger partial charge is 0.490 e. The average Bonchev–Trinajstić information content (AvgIpc) is 2.47. The molecule has 0 unspecified atom stereocenters. The summed E-state index contributed by atoms with van der Waals surface area (Å²) >= 11 is 0. The molecule has 19 heavy (non-hydrogen) atoms. The number of ether oxygens (including phenoxy) is 3. The second-order valence-electron chi connectivity index (χ2n) is 4.59. The molecule has 0 spiro atoms. The van der Waals surface area contributed by atoms with Crippen LogP contribution in [0.1, 0.15) is 30.1 Å². The Morgan fingerprint density at radius 3 is 2.79 bits per heavy atom. The van der Waals surface area contributed by atoms with Crippen molar-refractivity contribution in [1.29, 1.82) is 0 Å². The van der Waals surface area contributed by atoms with Gasteiger partial charge in [-0.05, 0) is 37.8 Å². The van der Waals surface area contributed by atoms with Crippen LogP contribution in [0.4, 0.5) is 0 Å². The standard InChI is InChI=1S/C15H20O4/c1-2-18-14-5-3-4-13(10-16)15(14)19-11-12-6-8-17-9-7-12/h3-5,10,12H,2,6-9,11H2,1H3. The summed E-state index contributed by atoms with van der Waals surface area (Å²) < 4.78 is 16.7. The van der Waals surface area contributed by atoms with Gasteiger partial charge in [-0.2, -0.15) is 0 Å². The van der Waals surface area contributed by atoms with E-state index >= 15 is 0 Å². The molecule has 0 aromatic heterocycles. The van der Waals surface area contributed by atoms with E-state index in [4.69, 9.17) is 14.2 Å². The number of benzene rings is 1. The SMILES string of the molecule is CCOc1cccc(C=O)c1OCC1CCOCC1. The first kappa shape index (κ1) is 13.9. The van der Waals surface area contributed by atoms with Crippen LogP contribution in [0.15, 0.2) is 18.2 Å². The summed E-state index contributed by atoms with van der Waals surface area (Å²) in [6.45, 7) is 4.66. The topological polar surface area (TPSA) is 44.8 Å². The van der Waals surface area contributed by atoms with Crippen molar-refractivity contribution < 1.29 is 19.0 Å². The Morgan fingerprint density at radius 2 is 2.11 bits per heavy atom. The second-order valence-corrected chi connectivity index (χ2v) is 4.59. The van der Waals surface area contributed by atoms with Gasteiger partial charge in [0, 0.05) is 13.2 Å². The van der Waals surface area contributed by atoms with Gasteiger partial charge in [-0.15, -0.1) is 0 Å². The van der Waals surface area contributed by atoms with Crippen molar-refractivity contribution in [2.24, 2.45) is 5.92 Å². The molecule has 0 atom stereocenters. The van der Waals surface area contributed by atoms with Gasteiger partial charge in [-0.3, -0.25) is 4.79 Å². The molecule has 1 aromatic rings. The van der Waals surface area contributed by atoms with Gasteiger partial charge in [0.1, 0.15) is 0 Å². The predicted octanol–water partition coefficient (Wildman–Crippen LogP) is 2.70. The molecule has 0 N–H and O–H groups in total. The van der Waals surface area contributed by atoms with Crippen molar-refractivity contribution in [3.05, 3.63) is 23.8 Å². The lowest BCUT2D eigenvalue weighted by Gasteiger charge is -2.23. The molecule has 1 heterocycles. The summed E-state index contributed by atoms with van der Waals surface area (Å²) in [4.78, 5) is 11.1. The van der Waals surface area contributed by atoms with E-state index in [0.717, 1.165) is 32.3 Å². The van der Waals surface area contributed by atoms with Crippen LogP contribution in [0.25, 0.3) is 0 Å². The van der Waals surface area contributed by atoms with Crippen molar-refractivity contribution in [3.8, 4) is 11.5 Å². The molecule has 1 saturated heterocycles. The third-order valence-corrected chi connectivity index (χ3v) is 3.24. The maximum Gasteiger partial charge on any atom is 0.171 e. The van der Waals surface area contributed by atoms with Crippen molar-refractivity contribution in [1.82, 2.24) is 0 Å². The van der Waals surface area contributed by atoms with Crippen LogP contribution >= 0.6 is 0 Å². The minimum atomic E-state index is 0.489. The van der Waals surface area contributed by atoms with Gasteiger partial charge in [0.25, 0.3) is 0 Å². The molecule has 4 nitrogen and oxygen atoms in total. The van der Waals surface area contributed by atoms with Crippen LogP contribution in [0, 0.1) is 5.92 Å². The number of hydrogen-bond donors (Lipinski definition) is 0.